The molecule has 1 nitrogen and oxygen atoms in total. The minimum Gasteiger partial charge on any atom is -0.317 e. The summed E-state index contributed by atoms with van der Waals surface area (Å²) in [5.74, 6) is 1.72. The summed E-state index contributed by atoms with van der Waals surface area (Å²) in [4.78, 5) is 3.07. The fourth-order valence-electron chi connectivity index (χ4n) is 2.67. The third kappa shape index (κ3) is 2.61. The van der Waals surface area contributed by atoms with Crippen LogP contribution in [-0.2, 0) is 0 Å². The largest absolute Gasteiger partial charge is 0.317 e. The zero-order valence-electron chi connectivity index (χ0n) is 9.75. The quantitative estimate of drug-likeness (QED) is 0.826. The van der Waals surface area contributed by atoms with Gasteiger partial charge in [-0.05, 0) is 63.2 Å². The van der Waals surface area contributed by atoms with Gasteiger partial charge in [-0.1, -0.05) is 6.92 Å². The molecule has 84 valence electrons. The standard InChI is InChI=1S/C13H21NS/c1-3-12(11-6-8-14-9-7-11)13-5-4-10(2)15-13/h4-5,11-12,14H,3,6-9H2,1-2H3. The molecule has 2 heteroatoms. The Kier molecular flexibility index (Phi) is 3.81. The van der Waals surface area contributed by atoms with E-state index in [4.69, 9.17) is 0 Å². The molecule has 1 aliphatic heterocycles. The summed E-state index contributed by atoms with van der Waals surface area (Å²) < 4.78 is 0. The Labute approximate surface area is 96.9 Å². The van der Waals surface area contributed by atoms with Gasteiger partial charge in [-0.2, -0.15) is 0 Å². The maximum atomic E-state index is 3.45. The predicted octanol–water partition coefficient (Wildman–Crippen LogP) is 3.55. The maximum absolute atomic E-state index is 3.45. The fraction of sp³-hybridized carbons (Fsp3) is 0.692. The first-order chi connectivity index (χ1) is 7.31. The topological polar surface area (TPSA) is 12.0 Å². The minimum absolute atomic E-state index is 0.811. The number of hydrogen-bond acceptors (Lipinski definition) is 2. The summed E-state index contributed by atoms with van der Waals surface area (Å²) in [6.45, 7) is 6.97. The highest BCUT2D eigenvalue weighted by Crippen LogP contribution is 2.36. The van der Waals surface area contributed by atoms with Gasteiger partial charge in [0.2, 0.25) is 0 Å². The number of rotatable bonds is 3. The highest BCUT2D eigenvalue weighted by atomic mass is 32.1. The fourth-order valence-corrected chi connectivity index (χ4v) is 3.82. The summed E-state index contributed by atoms with van der Waals surface area (Å²) in [5, 5.41) is 3.45. The minimum atomic E-state index is 0.811. The van der Waals surface area contributed by atoms with E-state index in [1.807, 2.05) is 11.3 Å². The molecule has 1 saturated heterocycles. The van der Waals surface area contributed by atoms with Crippen LogP contribution in [0.4, 0.5) is 0 Å². The Morgan fingerprint density at radius 3 is 2.67 bits per heavy atom. The molecule has 0 aliphatic carbocycles. The molecular formula is C13H21NS. The number of aryl methyl sites for hydroxylation is 1. The molecular weight excluding hydrogens is 202 g/mol. The highest BCUT2D eigenvalue weighted by Gasteiger charge is 2.24. The van der Waals surface area contributed by atoms with Crippen molar-refractivity contribution in [3.8, 4) is 0 Å². The second kappa shape index (κ2) is 5.13. The molecule has 1 aliphatic rings. The molecule has 1 N–H and O–H groups in total. The highest BCUT2D eigenvalue weighted by molar-refractivity contribution is 7.12. The summed E-state index contributed by atoms with van der Waals surface area (Å²) in [6, 6.07) is 4.61. The average Bonchev–Trinajstić information content (AvgIpc) is 2.68. The Morgan fingerprint density at radius 2 is 2.13 bits per heavy atom. The lowest BCUT2D eigenvalue weighted by molar-refractivity contribution is 0.315. The van der Waals surface area contributed by atoms with Crippen LogP contribution in [0.2, 0.25) is 0 Å². The molecule has 2 rings (SSSR count). The van der Waals surface area contributed by atoms with E-state index in [9.17, 15) is 0 Å². The number of hydrogen-bond donors (Lipinski definition) is 1. The van der Waals surface area contributed by atoms with E-state index in [2.05, 4.69) is 31.3 Å². The van der Waals surface area contributed by atoms with E-state index in [1.165, 1.54) is 37.2 Å². The van der Waals surface area contributed by atoms with E-state index in [-0.39, 0.29) is 0 Å². The van der Waals surface area contributed by atoms with Gasteiger partial charge in [0.25, 0.3) is 0 Å². The van der Waals surface area contributed by atoms with Crippen LogP contribution in [0.3, 0.4) is 0 Å². The predicted molar refractivity (Wildman–Crippen MR) is 67.7 cm³/mol. The van der Waals surface area contributed by atoms with Crippen LogP contribution in [0.5, 0.6) is 0 Å². The third-order valence-corrected chi connectivity index (χ3v) is 4.65. The van der Waals surface area contributed by atoms with Crippen molar-refractivity contribution in [1.82, 2.24) is 5.32 Å². The van der Waals surface area contributed by atoms with Crippen molar-refractivity contribution in [2.24, 2.45) is 5.92 Å². The molecule has 1 unspecified atom stereocenters. The lowest BCUT2D eigenvalue weighted by Crippen LogP contribution is -2.30. The van der Waals surface area contributed by atoms with Gasteiger partial charge in [0.1, 0.15) is 0 Å². The van der Waals surface area contributed by atoms with Crippen LogP contribution in [-0.4, -0.2) is 13.1 Å². The normalized spacial score (nSPS) is 20.4. The lowest BCUT2D eigenvalue weighted by Gasteiger charge is -2.29. The van der Waals surface area contributed by atoms with Gasteiger partial charge >= 0.3 is 0 Å². The van der Waals surface area contributed by atoms with Crippen molar-refractivity contribution in [2.75, 3.05) is 13.1 Å². The number of thiophene rings is 1. The molecule has 15 heavy (non-hydrogen) atoms. The van der Waals surface area contributed by atoms with Gasteiger partial charge in [-0.15, -0.1) is 11.3 Å². The molecule has 0 bridgehead atoms. The van der Waals surface area contributed by atoms with E-state index < -0.39 is 0 Å². The van der Waals surface area contributed by atoms with Gasteiger partial charge in [-0.3, -0.25) is 0 Å². The van der Waals surface area contributed by atoms with Crippen LogP contribution < -0.4 is 5.32 Å². The van der Waals surface area contributed by atoms with E-state index in [0.717, 1.165) is 11.8 Å². The smallest absolute Gasteiger partial charge is 0.00816 e. The summed E-state index contributed by atoms with van der Waals surface area (Å²) in [6.07, 6.45) is 4.01. The van der Waals surface area contributed by atoms with E-state index in [0.29, 0.717) is 0 Å². The molecule has 0 aromatic carbocycles. The van der Waals surface area contributed by atoms with Crippen molar-refractivity contribution < 1.29 is 0 Å². The molecule has 0 spiro atoms. The zero-order chi connectivity index (χ0) is 10.7. The van der Waals surface area contributed by atoms with E-state index in [1.54, 1.807) is 4.88 Å². The SMILES string of the molecule is CCC(c1ccc(C)s1)C1CCNCC1. The van der Waals surface area contributed by atoms with E-state index >= 15 is 0 Å². The van der Waals surface area contributed by atoms with Gasteiger partial charge in [0.15, 0.2) is 0 Å². The molecule has 0 radical (unpaired) electrons. The number of piperidine rings is 1. The molecule has 0 amide bonds. The molecule has 2 heterocycles. The second-order valence-electron chi connectivity index (χ2n) is 4.55. The third-order valence-electron chi connectivity index (χ3n) is 3.52. The lowest BCUT2D eigenvalue weighted by atomic mass is 9.82. The van der Waals surface area contributed by atoms with Gasteiger partial charge in [0, 0.05) is 9.75 Å². The molecule has 1 fully saturated rings. The van der Waals surface area contributed by atoms with Crippen LogP contribution in [0.15, 0.2) is 12.1 Å². The molecule has 1 atom stereocenters. The van der Waals surface area contributed by atoms with Gasteiger partial charge in [-0.25, -0.2) is 0 Å². The summed E-state index contributed by atoms with van der Waals surface area (Å²) in [5.41, 5.74) is 0. The Morgan fingerprint density at radius 1 is 1.40 bits per heavy atom. The van der Waals surface area contributed by atoms with Gasteiger partial charge in [0.05, 0.1) is 0 Å². The Hall–Kier alpha value is -0.340. The van der Waals surface area contributed by atoms with Crippen LogP contribution in [0.25, 0.3) is 0 Å². The Bertz CT molecular complexity index is 299. The first-order valence-corrected chi connectivity index (χ1v) is 6.90. The monoisotopic (exact) mass is 223 g/mol. The number of nitrogens with one attached hydrogen (secondary N) is 1. The summed E-state index contributed by atoms with van der Waals surface area (Å²) in [7, 11) is 0. The van der Waals surface area contributed by atoms with Crippen LogP contribution in [0.1, 0.15) is 41.9 Å². The average molecular weight is 223 g/mol. The van der Waals surface area contributed by atoms with Crippen molar-refractivity contribution in [1.29, 1.82) is 0 Å². The van der Waals surface area contributed by atoms with Crippen LogP contribution >= 0.6 is 11.3 Å². The van der Waals surface area contributed by atoms with Crippen LogP contribution in [0, 0.1) is 12.8 Å². The zero-order valence-corrected chi connectivity index (χ0v) is 10.6. The van der Waals surface area contributed by atoms with Crippen molar-refractivity contribution in [2.45, 2.75) is 39.0 Å². The van der Waals surface area contributed by atoms with Crippen molar-refractivity contribution in [3.05, 3.63) is 21.9 Å². The maximum Gasteiger partial charge on any atom is 0.00816 e. The first-order valence-electron chi connectivity index (χ1n) is 6.08. The van der Waals surface area contributed by atoms with Crippen molar-refractivity contribution in [3.63, 3.8) is 0 Å². The van der Waals surface area contributed by atoms with Gasteiger partial charge < -0.3 is 5.32 Å². The van der Waals surface area contributed by atoms with Crippen molar-refractivity contribution >= 4 is 11.3 Å². The first kappa shape index (κ1) is 11.2. The Balaban J connectivity index is 2.08. The second-order valence-corrected chi connectivity index (χ2v) is 5.87. The summed E-state index contributed by atoms with van der Waals surface area (Å²) >= 11 is 1.99. The molecule has 1 aromatic heterocycles. The molecule has 1 aromatic rings. The molecule has 0 saturated carbocycles.